The zero-order chi connectivity index (χ0) is 31.2. The first kappa shape index (κ1) is 45.5. The molecule has 0 fully saturated rings. The van der Waals surface area contributed by atoms with Crippen molar-refractivity contribution in [3.05, 3.63) is 79.5 Å². The number of methoxy groups -OCH3 is 2. The van der Waals surface area contributed by atoms with Gasteiger partial charge in [-0.3, -0.25) is 19.8 Å². The van der Waals surface area contributed by atoms with E-state index in [1.54, 1.807) is 48.8 Å². The number of hydrogen-bond donors (Lipinski definition) is 2. The van der Waals surface area contributed by atoms with Crippen molar-refractivity contribution in [2.24, 2.45) is 32.3 Å². The molecular weight excluding hydrogens is 643 g/mol. The second-order valence-corrected chi connectivity index (χ2v) is 9.61. The van der Waals surface area contributed by atoms with Gasteiger partial charge in [0.05, 0.1) is 14.2 Å². The van der Waals surface area contributed by atoms with Crippen LogP contribution >= 0.6 is 0 Å². The summed E-state index contributed by atoms with van der Waals surface area (Å²) in [5.74, 6) is 0.410. The van der Waals surface area contributed by atoms with E-state index in [1.807, 2.05) is 27.7 Å². The fourth-order valence-electron chi connectivity index (χ4n) is 2.50. The fraction of sp³-hybridized carbons (Fsp3) is 0.462. The average Bonchev–Trinajstić information content (AvgIpc) is 2.92. The second-order valence-electron chi connectivity index (χ2n) is 9.61. The number of benzene rings is 2. The predicted molar refractivity (Wildman–Crippen MR) is 156 cm³/mol. The van der Waals surface area contributed by atoms with Gasteiger partial charge in [0.25, 0.3) is 0 Å². The van der Waals surface area contributed by atoms with Crippen molar-refractivity contribution in [2.45, 2.75) is 27.7 Å². The Bertz CT molecular complexity index is 1060. The molecule has 0 saturated heterocycles. The van der Waals surface area contributed by atoms with E-state index >= 15 is 0 Å². The van der Waals surface area contributed by atoms with Gasteiger partial charge in [0.15, 0.2) is 0 Å². The third-order valence-electron chi connectivity index (χ3n) is 5.06. The molecule has 0 aliphatic heterocycles. The van der Waals surface area contributed by atoms with Crippen LogP contribution in [0.25, 0.3) is 31.9 Å². The first-order chi connectivity index (χ1) is 18.8. The standard InChI is InChI=1S/2C13H20N2O2.2Cu.2N3/c2*1-13(2,8-14)9-15-7-10-5-4-6-11(17-3)12(10)16;;;2*1-3-2/h2*4-7,16H,8-9,14H2,1-3H3;;;;/q;;2*+2;2*-1/p-2. The molecule has 16 heteroatoms. The third-order valence-corrected chi connectivity index (χ3v) is 5.06. The molecule has 4 N–H and O–H groups in total. The minimum atomic E-state index is -0.135. The quantitative estimate of drug-likeness (QED) is 0.123. The number of aliphatic imine (C=N–C) groups is 2. The van der Waals surface area contributed by atoms with Crippen molar-refractivity contribution >= 4 is 12.4 Å². The van der Waals surface area contributed by atoms with Crippen LogP contribution in [0.5, 0.6) is 23.0 Å². The summed E-state index contributed by atoms with van der Waals surface area (Å²) in [5.41, 5.74) is 39.2. The maximum Gasteiger partial charge on any atom is 2.00 e. The van der Waals surface area contributed by atoms with E-state index in [0.717, 1.165) is 0 Å². The molecule has 0 unspecified atom stereocenters. The molecule has 2 aromatic carbocycles. The summed E-state index contributed by atoms with van der Waals surface area (Å²) in [4.78, 5) is 11.5. The Labute approximate surface area is 268 Å². The van der Waals surface area contributed by atoms with E-state index in [9.17, 15) is 10.2 Å². The normalized spacial score (nSPS) is 10.1. The molecule has 0 aliphatic carbocycles. The van der Waals surface area contributed by atoms with Gasteiger partial charge < -0.3 is 53.3 Å². The molecule has 2 radical (unpaired) electrons. The molecule has 0 amide bonds. The van der Waals surface area contributed by atoms with Crippen molar-refractivity contribution in [3.8, 4) is 23.0 Å². The first-order valence-electron chi connectivity index (χ1n) is 11.9. The molecule has 0 spiro atoms. The molecule has 14 nitrogen and oxygen atoms in total. The van der Waals surface area contributed by atoms with Gasteiger partial charge >= 0.3 is 34.1 Å². The Balaban J connectivity index is -0.000000278. The molecule has 0 aliphatic rings. The van der Waals surface area contributed by atoms with Crippen LogP contribution in [0, 0.1) is 10.8 Å². The topological polar surface area (TPSA) is 259 Å². The molecule has 0 heterocycles. The summed E-state index contributed by atoms with van der Waals surface area (Å²) in [6.45, 7) is 10.5. The van der Waals surface area contributed by atoms with Crippen LogP contribution in [0.1, 0.15) is 38.8 Å². The summed E-state index contributed by atoms with van der Waals surface area (Å²) in [6, 6.07) is 10.3. The van der Waals surface area contributed by atoms with Gasteiger partial charge in [0, 0.05) is 25.5 Å². The fourth-order valence-corrected chi connectivity index (χ4v) is 2.50. The van der Waals surface area contributed by atoms with Crippen molar-refractivity contribution in [1.82, 2.24) is 0 Å². The Morgan fingerprint density at radius 2 is 1.00 bits per heavy atom. The van der Waals surface area contributed by atoms with Crippen molar-refractivity contribution < 1.29 is 53.8 Å². The van der Waals surface area contributed by atoms with Gasteiger partial charge in [0.1, 0.15) is 11.5 Å². The summed E-state index contributed by atoms with van der Waals surface area (Å²) >= 11 is 0. The van der Waals surface area contributed by atoms with Crippen LogP contribution < -0.4 is 31.2 Å². The number of para-hydroxylation sites is 2. The van der Waals surface area contributed by atoms with E-state index in [4.69, 9.17) is 43.1 Å². The van der Waals surface area contributed by atoms with Crippen molar-refractivity contribution in [2.75, 3.05) is 40.4 Å². The Morgan fingerprint density at radius 3 is 1.24 bits per heavy atom. The van der Waals surface area contributed by atoms with Gasteiger partial charge in [-0.2, -0.15) is 0 Å². The van der Waals surface area contributed by atoms with Crippen LogP contribution in [-0.4, -0.2) is 52.8 Å². The van der Waals surface area contributed by atoms with Crippen LogP contribution in [0.2, 0.25) is 0 Å². The van der Waals surface area contributed by atoms with Gasteiger partial charge in [-0.1, -0.05) is 63.5 Å². The van der Waals surface area contributed by atoms with Crippen LogP contribution in [0.15, 0.2) is 46.4 Å². The smallest absolute Gasteiger partial charge is 0.870 e. The minimum Gasteiger partial charge on any atom is -0.870 e. The zero-order valence-corrected chi connectivity index (χ0v) is 26.3. The van der Waals surface area contributed by atoms with Crippen molar-refractivity contribution in [3.63, 3.8) is 0 Å². The van der Waals surface area contributed by atoms with Crippen molar-refractivity contribution in [1.29, 1.82) is 0 Å². The summed E-state index contributed by atoms with van der Waals surface area (Å²) < 4.78 is 9.92. The Hall–Kier alpha value is -3.44. The van der Waals surface area contributed by atoms with Crippen LogP contribution in [0.3, 0.4) is 0 Å². The molecule has 42 heavy (non-hydrogen) atoms. The second kappa shape index (κ2) is 25.3. The Kier molecular flexibility index (Phi) is 27.4. The van der Waals surface area contributed by atoms with Crippen LogP contribution in [-0.2, 0) is 34.1 Å². The molecular formula is C26H38Cu2N10O4. The van der Waals surface area contributed by atoms with E-state index in [-0.39, 0.29) is 56.5 Å². The summed E-state index contributed by atoms with van der Waals surface area (Å²) in [7, 11) is 2.96. The number of rotatable bonds is 10. The van der Waals surface area contributed by atoms with Gasteiger partial charge in [0.2, 0.25) is 0 Å². The SMILES string of the molecule is COc1cccc(C=NCC(C)(C)CN)c1[O-].COc1cccc(C=NCC(C)(C)CN)c1[O-].[Cu+2].[Cu+2].[N-]=[N+]=[N-].[N-]=[N+]=[N-]. The number of nitrogens with two attached hydrogens (primary N) is 2. The van der Waals surface area contributed by atoms with E-state index in [1.165, 1.54) is 24.0 Å². The molecule has 2 rings (SSSR count). The minimum absolute atomic E-state index is 0. The number of hydrogen-bond acceptors (Lipinski definition) is 8. The largest absolute Gasteiger partial charge is 2.00 e. The third kappa shape index (κ3) is 19.6. The molecule has 0 bridgehead atoms. The van der Waals surface area contributed by atoms with Crippen LogP contribution in [0.4, 0.5) is 0 Å². The zero-order valence-electron chi connectivity index (χ0n) is 24.4. The molecule has 0 aromatic heterocycles. The van der Waals surface area contributed by atoms with E-state index in [0.29, 0.717) is 48.8 Å². The molecule has 2 aromatic rings. The number of nitrogens with zero attached hydrogens (tertiary/aromatic N) is 8. The Morgan fingerprint density at radius 1 is 0.714 bits per heavy atom. The van der Waals surface area contributed by atoms with Gasteiger partial charge in [-0.05, 0) is 47.2 Å². The van der Waals surface area contributed by atoms with Gasteiger partial charge in [-0.15, -0.1) is 0 Å². The van der Waals surface area contributed by atoms with Gasteiger partial charge in [-0.25, -0.2) is 0 Å². The van der Waals surface area contributed by atoms with E-state index < -0.39 is 0 Å². The summed E-state index contributed by atoms with van der Waals surface area (Å²) in [5, 5.41) is 23.6. The molecule has 0 saturated carbocycles. The first-order valence-corrected chi connectivity index (χ1v) is 11.9. The maximum absolute atomic E-state index is 11.8. The monoisotopic (exact) mass is 680 g/mol. The number of ether oxygens (including phenoxy) is 2. The van der Waals surface area contributed by atoms with E-state index in [2.05, 4.69) is 9.98 Å². The molecule has 238 valence electrons. The predicted octanol–water partition coefficient (Wildman–Crippen LogP) is 4.07. The average molecular weight is 682 g/mol. The summed E-state index contributed by atoms with van der Waals surface area (Å²) in [6.07, 6.45) is 3.17. The molecule has 0 atom stereocenters. The maximum atomic E-state index is 11.8.